The van der Waals surface area contributed by atoms with E-state index >= 15 is 0 Å². The van der Waals surface area contributed by atoms with Gasteiger partial charge in [0.25, 0.3) is 0 Å². The Hall–Kier alpha value is -2.61. The van der Waals surface area contributed by atoms with Crippen molar-refractivity contribution in [1.29, 1.82) is 0 Å². The molecule has 8 heteroatoms. The van der Waals surface area contributed by atoms with Gasteiger partial charge in [0, 0.05) is 49.8 Å². The van der Waals surface area contributed by atoms with Crippen LogP contribution in [0, 0.1) is 5.92 Å². The molecule has 1 amide bonds. The van der Waals surface area contributed by atoms with E-state index in [-0.39, 0.29) is 17.9 Å². The normalized spacial score (nSPS) is 21.1. The number of nitrogens with two attached hydrogens (primary N) is 1. The Kier molecular flexibility index (Phi) is 4.75. The molecule has 0 radical (unpaired) electrons. The minimum Gasteiger partial charge on any atom is -0.372 e. The Labute approximate surface area is 151 Å². The standard InChI is InChI=1S/C18H22N6O2/c19-17(25)12-3-7-24(8-4-12)18-22-10-13(14-11-20-5-6-21-14)16(23-18)15-2-1-9-26-15/h5-6,10-12,15H,1-4,7-9H2,(H2,19,25)/t15-/m0/s1. The fraction of sp³-hybridized carbons (Fsp3) is 0.500. The van der Waals surface area contributed by atoms with Gasteiger partial charge in [0.05, 0.1) is 17.6 Å². The third kappa shape index (κ3) is 3.37. The van der Waals surface area contributed by atoms with Gasteiger partial charge < -0.3 is 15.4 Å². The summed E-state index contributed by atoms with van der Waals surface area (Å²) in [6, 6.07) is 0. The van der Waals surface area contributed by atoms with Crippen LogP contribution in [0.5, 0.6) is 0 Å². The van der Waals surface area contributed by atoms with E-state index in [1.165, 1.54) is 0 Å². The summed E-state index contributed by atoms with van der Waals surface area (Å²) in [5, 5.41) is 0. The maximum Gasteiger partial charge on any atom is 0.225 e. The Morgan fingerprint density at radius 1 is 1.15 bits per heavy atom. The number of hydrogen-bond acceptors (Lipinski definition) is 7. The molecule has 136 valence electrons. The van der Waals surface area contributed by atoms with E-state index in [2.05, 4.69) is 19.9 Å². The zero-order chi connectivity index (χ0) is 17.9. The predicted octanol–water partition coefficient (Wildman–Crippen LogP) is 1.49. The molecule has 0 aliphatic carbocycles. The van der Waals surface area contributed by atoms with E-state index in [9.17, 15) is 4.79 Å². The van der Waals surface area contributed by atoms with E-state index in [1.54, 1.807) is 18.6 Å². The summed E-state index contributed by atoms with van der Waals surface area (Å²) in [5.74, 6) is 0.400. The number of primary amides is 1. The van der Waals surface area contributed by atoms with E-state index in [1.807, 2.05) is 6.20 Å². The van der Waals surface area contributed by atoms with Gasteiger partial charge in [-0.2, -0.15) is 0 Å². The van der Waals surface area contributed by atoms with Crippen molar-refractivity contribution in [3.8, 4) is 11.3 Å². The van der Waals surface area contributed by atoms with E-state index < -0.39 is 0 Å². The molecule has 26 heavy (non-hydrogen) atoms. The summed E-state index contributed by atoms with van der Waals surface area (Å²) < 4.78 is 5.87. The molecular formula is C18H22N6O2. The number of carbonyl (C=O) groups excluding carboxylic acids is 1. The maximum atomic E-state index is 11.4. The molecule has 2 aliphatic heterocycles. The summed E-state index contributed by atoms with van der Waals surface area (Å²) in [5.41, 5.74) is 7.90. The van der Waals surface area contributed by atoms with Crippen LogP contribution in [0.2, 0.25) is 0 Å². The number of ether oxygens (including phenoxy) is 1. The first-order valence-electron chi connectivity index (χ1n) is 9.01. The minimum atomic E-state index is -0.219. The number of anilines is 1. The summed E-state index contributed by atoms with van der Waals surface area (Å²) in [4.78, 5) is 31.4. The number of nitrogens with zero attached hydrogens (tertiary/aromatic N) is 5. The lowest BCUT2D eigenvalue weighted by atomic mass is 9.96. The van der Waals surface area contributed by atoms with Crippen LogP contribution in [0.1, 0.15) is 37.5 Å². The molecule has 8 nitrogen and oxygen atoms in total. The highest BCUT2D eigenvalue weighted by atomic mass is 16.5. The highest BCUT2D eigenvalue weighted by Crippen LogP contribution is 2.34. The third-order valence-electron chi connectivity index (χ3n) is 5.06. The summed E-state index contributed by atoms with van der Waals surface area (Å²) in [7, 11) is 0. The van der Waals surface area contributed by atoms with Crippen molar-refractivity contribution in [3.05, 3.63) is 30.5 Å². The van der Waals surface area contributed by atoms with Crippen LogP contribution in [0.15, 0.2) is 24.8 Å². The molecule has 2 aromatic heterocycles. The Bertz CT molecular complexity index is 771. The molecule has 2 aliphatic rings. The maximum absolute atomic E-state index is 11.4. The third-order valence-corrected chi connectivity index (χ3v) is 5.06. The number of aromatic nitrogens is 4. The largest absolute Gasteiger partial charge is 0.372 e. The number of amides is 1. The molecule has 2 saturated heterocycles. The van der Waals surface area contributed by atoms with Gasteiger partial charge in [0.15, 0.2) is 0 Å². The zero-order valence-electron chi connectivity index (χ0n) is 14.5. The van der Waals surface area contributed by atoms with E-state index in [4.69, 9.17) is 15.5 Å². The van der Waals surface area contributed by atoms with Crippen LogP contribution in [-0.4, -0.2) is 45.5 Å². The predicted molar refractivity (Wildman–Crippen MR) is 95.1 cm³/mol. The summed E-state index contributed by atoms with van der Waals surface area (Å²) >= 11 is 0. The van der Waals surface area contributed by atoms with E-state index in [0.29, 0.717) is 5.95 Å². The van der Waals surface area contributed by atoms with Crippen LogP contribution in [0.4, 0.5) is 5.95 Å². The first-order valence-corrected chi connectivity index (χ1v) is 9.01. The monoisotopic (exact) mass is 354 g/mol. The molecule has 2 fully saturated rings. The fourth-order valence-corrected chi connectivity index (χ4v) is 3.58. The van der Waals surface area contributed by atoms with Gasteiger partial charge in [-0.05, 0) is 25.7 Å². The minimum absolute atomic E-state index is 0.0445. The molecule has 2 aromatic rings. The van der Waals surface area contributed by atoms with Gasteiger partial charge in [0.1, 0.15) is 6.10 Å². The molecule has 0 spiro atoms. The van der Waals surface area contributed by atoms with Crippen molar-refractivity contribution < 1.29 is 9.53 Å². The average molecular weight is 354 g/mol. The Morgan fingerprint density at radius 2 is 2.00 bits per heavy atom. The number of carbonyl (C=O) groups is 1. The van der Waals surface area contributed by atoms with Gasteiger partial charge in [-0.3, -0.25) is 14.8 Å². The molecule has 4 heterocycles. The van der Waals surface area contributed by atoms with Crippen LogP contribution in [0.25, 0.3) is 11.3 Å². The second kappa shape index (κ2) is 7.33. The molecule has 0 saturated carbocycles. The highest BCUT2D eigenvalue weighted by molar-refractivity contribution is 5.77. The smallest absolute Gasteiger partial charge is 0.225 e. The first-order chi connectivity index (χ1) is 12.7. The van der Waals surface area contributed by atoms with Gasteiger partial charge >= 0.3 is 0 Å². The van der Waals surface area contributed by atoms with Gasteiger partial charge in [0.2, 0.25) is 11.9 Å². The summed E-state index contributed by atoms with van der Waals surface area (Å²) in [6.45, 7) is 2.19. The highest BCUT2D eigenvalue weighted by Gasteiger charge is 2.28. The van der Waals surface area contributed by atoms with Crippen molar-refractivity contribution in [2.24, 2.45) is 11.7 Å². The molecule has 0 aromatic carbocycles. The Balaban J connectivity index is 1.63. The molecular weight excluding hydrogens is 332 g/mol. The fourth-order valence-electron chi connectivity index (χ4n) is 3.58. The van der Waals surface area contributed by atoms with Crippen LogP contribution < -0.4 is 10.6 Å². The lowest BCUT2D eigenvalue weighted by Gasteiger charge is -2.31. The van der Waals surface area contributed by atoms with Crippen molar-refractivity contribution in [2.45, 2.75) is 31.8 Å². The van der Waals surface area contributed by atoms with Gasteiger partial charge in [-0.1, -0.05) is 0 Å². The average Bonchev–Trinajstić information content (AvgIpc) is 3.23. The van der Waals surface area contributed by atoms with Gasteiger partial charge in [-0.25, -0.2) is 9.97 Å². The number of rotatable bonds is 4. The molecule has 0 unspecified atom stereocenters. The van der Waals surface area contributed by atoms with Gasteiger partial charge in [-0.15, -0.1) is 0 Å². The van der Waals surface area contributed by atoms with Crippen LogP contribution in [-0.2, 0) is 9.53 Å². The van der Waals surface area contributed by atoms with Crippen molar-refractivity contribution in [2.75, 3.05) is 24.6 Å². The SMILES string of the molecule is NC(=O)C1CCN(c2ncc(-c3cnccn3)c([C@@H]3CCCO3)n2)CC1. The quantitative estimate of drug-likeness (QED) is 0.886. The molecule has 2 N–H and O–H groups in total. The van der Waals surface area contributed by atoms with Crippen molar-refractivity contribution >= 4 is 11.9 Å². The second-order valence-electron chi connectivity index (χ2n) is 6.72. The molecule has 4 rings (SSSR count). The van der Waals surface area contributed by atoms with Crippen molar-refractivity contribution in [1.82, 2.24) is 19.9 Å². The van der Waals surface area contributed by atoms with Crippen LogP contribution >= 0.6 is 0 Å². The molecule has 1 atom stereocenters. The second-order valence-corrected chi connectivity index (χ2v) is 6.72. The summed E-state index contributed by atoms with van der Waals surface area (Å²) in [6.07, 6.45) is 10.2. The topological polar surface area (TPSA) is 107 Å². The molecule has 0 bridgehead atoms. The lowest BCUT2D eigenvalue weighted by Crippen LogP contribution is -2.39. The van der Waals surface area contributed by atoms with Crippen LogP contribution in [0.3, 0.4) is 0 Å². The number of piperidine rings is 1. The lowest BCUT2D eigenvalue weighted by molar-refractivity contribution is -0.122. The van der Waals surface area contributed by atoms with Crippen molar-refractivity contribution in [3.63, 3.8) is 0 Å². The van der Waals surface area contributed by atoms with E-state index in [0.717, 1.165) is 62.3 Å². The number of hydrogen-bond donors (Lipinski definition) is 1. The first kappa shape index (κ1) is 16.8. The Morgan fingerprint density at radius 3 is 2.65 bits per heavy atom. The zero-order valence-corrected chi connectivity index (χ0v) is 14.5.